The SMILES string of the molecule is CCC1CN(Cc2cncn2C2CC2)CCC1=O. The van der Waals surface area contributed by atoms with Crippen molar-refractivity contribution in [1.82, 2.24) is 14.5 Å². The number of carbonyl (C=O) groups excluding carboxylic acids is 1. The van der Waals surface area contributed by atoms with Gasteiger partial charge >= 0.3 is 0 Å². The minimum atomic E-state index is 0.246. The van der Waals surface area contributed by atoms with Crippen LogP contribution in [0.25, 0.3) is 0 Å². The number of carbonyl (C=O) groups is 1. The number of hydrogen-bond donors (Lipinski definition) is 0. The molecule has 1 aromatic heterocycles. The molecule has 0 N–H and O–H groups in total. The van der Waals surface area contributed by atoms with Crippen molar-refractivity contribution < 1.29 is 4.79 Å². The Kier molecular flexibility index (Phi) is 3.20. The lowest BCUT2D eigenvalue weighted by molar-refractivity contribution is -0.126. The lowest BCUT2D eigenvalue weighted by Crippen LogP contribution is -2.40. The van der Waals surface area contributed by atoms with E-state index in [9.17, 15) is 4.79 Å². The highest BCUT2D eigenvalue weighted by molar-refractivity contribution is 5.82. The second kappa shape index (κ2) is 4.84. The summed E-state index contributed by atoms with van der Waals surface area (Å²) in [5, 5.41) is 0. The number of piperidine rings is 1. The highest BCUT2D eigenvalue weighted by Gasteiger charge is 2.28. The third kappa shape index (κ3) is 2.34. The van der Waals surface area contributed by atoms with Gasteiger partial charge in [0, 0.05) is 44.2 Å². The molecule has 3 rings (SSSR count). The number of hydrogen-bond acceptors (Lipinski definition) is 3. The average Bonchev–Trinajstić information content (AvgIpc) is 3.12. The first-order chi connectivity index (χ1) is 8.78. The molecule has 4 nitrogen and oxygen atoms in total. The summed E-state index contributed by atoms with van der Waals surface area (Å²) in [6.45, 7) is 4.89. The third-order valence-electron chi connectivity index (χ3n) is 4.17. The Morgan fingerprint density at radius 1 is 1.44 bits per heavy atom. The van der Waals surface area contributed by atoms with Gasteiger partial charge in [-0.2, -0.15) is 0 Å². The van der Waals surface area contributed by atoms with Crippen molar-refractivity contribution in [3.63, 3.8) is 0 Å². The number of Topliss-reactive ketones (excluding diaryl/α,β-unsaturated/α-hetero) is 1. The Balaban J connectivity index is 1.65. The first-order valence-electron chi connectivity index (χ1n) is 7.03. The van der Waals surface area contributed by atoms with Crippen molar-refractivity contribution in [1.29, 1.82) is 0 Å². The third-order valence-corrected chi connectivity index (χ3v) is 4.17. The van der Waals surface area contributed by atoms with E-state index in [1.54, 1.807) is 0 Å². The highest BCUT2D eigenvalue weighted by Crippen LogP contribution is 2.36. The molecule has 0 amide bonds. The van der Waals surface area contributed by atoms with Gasteiger partial charge in [-0.25, -0.2) is 4.98 Å². The standard InChI is InChI=1S/C14H21N3O/c1-2-11-8-16(6-5-14(11)18)9-13-7-15-10-17(13)12-3-4-12/h7,10-12H,2-6,8-9H2,1H3. The monoisotopic (exact) mass is 247 g/mol. The van der Waals surface area contributed by atoms with Crippen LogP contribution in [0.4, 0.5) is 0 Å². The minimum Gasteiger partial charge on any atom is -0.330 e. The minimum absolute atomic E-state index is 0.246. The fourth-order valence-electron chi connectivity index (χ4n) is 2.84. The normalized spacial score (nSPS) is 25.6. The molecule has 1 atom stereocenters. The van der Waals surface area contributed by atoms with Crippen molar-refractivity contribution in [2.24, 2.45) is 5.92 Å². The summed E-state index contributed by atoms with van der Waals surface area (Å²) < 4.78 is 2.32. The second-order valence-electron chi connectivity index (χ2n) is 5.58. The first-order valence-corrected chi connectivity index (χ1v) is 7.03. The van der Waals surface area contributed by atoms with E-state index >= 15 is 0 Å². The van der Waals surface area contributed by atoms with Crippen LogP contribution < -0.4 is 0 Å². The lowest BCUT2D eigenvalue weighted by atomic mass is 9.94. The van der Waals surface area contributed by atoms with E-state index < -0.39 is 0 Å². The van der Waals surface area contributed by atoms with Gasteiger partial charge in [0.25, 0.3) is 0 Å². The molecule has 0 aromatic carbocycles. The van der Waals surface area contributed by atoms with Crippen LogP contribution in [-0.2, 0) is 11.3 Å². The molecule has 1 saturated heterocycles. The van der Waals surface area contributed by atoms with Crippen molar-refractivity contribution in [2.45, 2.75) is 45.2 Å². The first kappa shape index (κ1) is 11.9. The molecule has 0 radical (unpaired) electrons. The van der Waals surface area contributed by atoms with Crippen molar-refractivity contribution in [3.8, 4) is 0 Å². The molecule has 2 heterocycles. The van der Waals surface area contributed by atoms with Crippen molar-refractivity contribution >= 4 is 5.78 Å². The smallest absolute Gasteiger partial charge is 0.138 e. The number of likely N-dealkylation sites (tertiary alicyclic amines) is 1. The van der Waals surface area contributed by atoms with Crippen LogP contribution in [0.2, 0.25) is 0 Å². The maximum atomic E-state index is 11.7. The molecular formula is C14H21N3O. The summed E-state index contributed by atoms with van der Waals surface area (Å²) in [7, 11) is 0. The number of rotatable bonds is 4. The molecule has 2 aliphatic rings. The molecule has 4 heteroatoms. The Morgan fingerprint density at radius 2 is 2.28 bits per heavy atom. The number of ketones is 1. The van der Waals surface area contributed by atoms with Crippen LogP contribution in [-0.4, -0.2) is 33.3 Å². The van der Waals surface area contributed by atoms with E-state index in [0.717, 1.165) is 32.5 Å². The lowest BCUT2D eigenvalue weighted by Gasteiger charge is -2.31. The molecule has 2 fully saturated rings. The topological polar surface area (TPSA) is 38.1 Å². The number of aromatic nitrogens is 2. The van der Waals surface area contributed by atoms with E-state index in [4.69, 9.17) is 0 Å². The van der Waals surface area contributed by atoms with Gasteiger partial charge in [0.15, 0.2) is 0 Å². The predicted octanol–water partition coefficient (Wildman–Crippen LogP) is 2.02. The molecule has 1 saturated carbocycles. The van der Waals surface area contributed by atoms with Gasteiger partial charge in [-0.3, -0.25) is 9.69 Å². The molecule has 0 bridgehead atoms. The van der Waals surface area contributed by atoms with Crippen LogP contribution in [0.15, 0.2) is 12.5 Å². The molecule has 0 spiro atoms. The Labute approximate surface area is 108 Å². The summed E-state index contributed by atoms with van der Waals surface area (Å²) >= 11 is 0. The molecule has 1 aliphatic heterocycles. The number of imidazole rings is 1. The zero-order chi connectivity index (χ0) is 12.5. The maximum absolute atomic E-state index is 11.7. The van der Waals surface area contributed by atoms with Crippen LogP contribution in [0, 0.1) is 5.92 Å². The van der Waals surface area contributed by atoms with Gasteiger partial charge in [-0.1, -0.05) is 6.92 Å². The zero-order valence-electron chi connectivity index (χ0n) is 11.0. The summed E-state index contributed by atoms with van der Waals surface area (Å²) in [4.78, 5) is 18.4. The average molecular weight is 247 g/mol. The van der Waals surface area contributed by atoms with Gasteiger partial charge in [0.1, 0.15) is 5.78 Å². The predicted molar refractivity (Wildman–Crippen MR) is 69.2 cm³/mol. The maximum Gasteiger partial charge on any atom is 0.138 e. The molecule has 1 aliphatic carbocycles. The summed E-state index contributed by atoms with van der Waals surface area (Å²) in [6.07, 6.45) is 8.21. The second-order valence-corrected chi connectivity index (χ2v) is 5.58. The Bertz CT molecular complexity index is 436. The largest absolute Gasteiger partial charge is 0.330 e. The van der Waals surface area contributed by atoms with Gasteiger partial charge in [0.05, 0.1) is 12.0 Å². The van der Waals surface area contributed by atoms with E-state index in [0.29, 0.717) is 11.8 Å². The fraction of sp³-hybridized carbons (Fsp3) is 0.714. The Morgan fingerprint density at radius 3 is 3.00 bits per heavy atom. The summed E-state index contributed by atoms with van der Waals surface area (Å²) in [5.41, 5.74) is 1.31. The van der Waals surface area contributed by atoms with Crippen molar-refractivity contribution in [3.05, 3.63) is 18.2 Å². The Hall–Kier alpha value is -1.16. The van der Waals surface area contributed by atoms with Gasteiger partial charge in [-0.15, -0.1) is 0 Å². The highest BCUT2D eigenvalue weighted by atomic mass is 16.1. The molecule has 18 heavy (non-hydrogen) atoms. The zero-order valence-corrected chi connectivity index (χ0v) is 11.0. The van der Waals surface area contributed by atoms with Crippen molar-refractivity contribution in [2.75, 3.05) is 13.1 Å². The van der Waals surface area contributed by atoms with Gasteiger partial charge in [-0.05, 0) is 19.3 Å². The van der Waals surface area contributed by atoms with E-state index in [1.807, 2.05) is 12.5 Å². The molecular weight excluding hydrogens is 226 g/mol. The van der Waals surface area contributed by atoms with Crippen LogP contribution in [0.5, 0.6) is 0 Å². The molecule has 98 valence electrons. The summed E-state index contributed by atoms with van der Waals surface area (Å²) in [5.74, 6) is 0.695. The van der Waals surface area contributed by atoms with Crippen LogP contribution in [0.1, 0.15) is 44.3 Å². The van der Waals surface area contributed by atoms with Gasteiger partial charge in [0.2, 0.25) is 0 Å². The van der Waals surface area contributed by atoms with E-state index in [-0.39, 0.29) is 5.92 Å². The van der Waals surface area contributed by atoms with E-state index in [2.05, 4.69) is 21.4 Å². The van der Waals surface area contributed by atoms with Crippen LogP contribution >= 0.6 is 0 Å². The van der Waals surface area contributed by atoms with Crippen LogP contribution in [0.3, 0.4) is 0 Å². The summed E-state index contributed by atoms with van der Waals surface area (Å²) in [6, 6.07) is 0.691. The number of nitrogens with zero attached hydrogens (tertiary/aromatic N) is 3. The van der Waals surface area contributed by atoms with Gasteiger partial charge < -0.3 is 4.57 Å². The fourth-order valence-corrected chi connectivity index (χ4v) is 2.84. The quantitative estimate of drug-likeness (QED) is 0.817. The molecule has 1 aromatic rings. The van der Waals surface area contributed by atoms with E-state index in [1.165, 1.54) is 18.5 Å². The molecule has 1 unspecified atom stereocenters.